The SMILES string of the molecule is N[C@@H]1CCCNCC1. The van der Waals surface area contributed by atoms with Gasteiger partial charge < -0.3 is 11.1 Å². The first-order valence-electron chi connectivity index (χ1n) is 3.36. The van der Waals surface area contributed by atoms with E-state index in [0.29, 0.717) is 6.04 Å². The van der Waals surface area contributed by atoms with Crippen LogP contribution < -0.4 is 11.1 Å². The molecule has 1 rings (SSSR count). The minimum absolute atomic E-state index is 0.463. The van der Waals surface area contributed by atoms with Crippen molar-refractivity contribution in [1.82, 2.24) is 5.32 Å². The monoisotopic (exact) mass is 114 g/mol. The Morgan fingerprint density at radius 2 is 2.12 bits per heavy atom. The zero-order valence-corrected chi connectivity index (χ0v) is 5.19. The van der Waals surface area contributed by atoms with E-state index in [0.717, 1.165) is 19.5 Å². The molecule has 1 heterocycles. The van der Waals surface area contributed by atoms with Gasteiger partial charge in [0.25, 0.3) is 0 Å². The third-order valence-corrected chi connectivity index (χ3v) is 1.62. The lowest BCUT2D eigenvalue weighted by molar-refractivity contribution is 0.599. The fourth-order valence-electron chi connectivity index (χ4n) is 1.05. The number of nitrogens with one attached hydrogen (secondary N) is 1. The van der Waals surface area contributed by atoms with Gasteiger partial charge in [-0.15, -0.1) is 0 Å². The molecule has 8 heavy (non-hydrogen) atoms. The Bertz CT molecular complexity index is 55.5. The molecule has 1 aliphatic rings. The molecule has 1 fully saturated rings. The molecule has 0 amide bonds. The Balaban J connectivity index is 2.17. The summed E-state index contributed by atoms with van der Waals surface area (Å²) < 4.78 is 0. The van der Waals surface area contributed by atoms with Gasteiger partial charge in [-0.25, -0.2) is 0 Å². The van der Waals surface area contributed by atoms with Crippen LogP contribution in [0.25, 0.3) is 0 Å². The van der Waals surface area contributed by atoms with E-state index in [-0.39, 0.29) is 0 Å². The quantitative estimate of drug-likeness (QED) is 0.468. The lowest BCUT2D eigenvalue weighted by Gasteiger charge is -2.02. The van der Waals surface area contributed by atoms with Crippen molar-refractivity contribution in [1.29, 1.82) is 0 Å². The van der Waals surface area contributed by atoms with E-state index in [2.05, 4.69) is 5.32 Å². The zero-order chi connectivity index (χ0) is 5.82. The third-order valence-electron chi connectivity index (χ3n) is 1.62. The van der Waals surface area contributed by atoms with E-state index in [1.165, 1.54) is 12.8 Å². The maximum Gasteiger partial charge on any atom is 0.00513 e. The van der Waals surface area contributed by atoms with Crippen LogP contribution in [0.3, 0.4) is 0 Å². The minimum atomic E-state index is 0.463. The highest BCUT2D eigenvalue weighted by molar-refractivity contribution is 4.67. The van der Waals surface area contributed by atoms with E-state index in [9.17, 15) is 0 Å². The number of nitrogens with two attached hydrogens (primary N) is 1. The van der Waals surface area contributed by atoms with Crippen molar-refractivity contribution in [3.8, 4) is 0 Å². The predicted octanol–water partition coefficient (Wildman–Crippen LogP) is 0.0872. The predicted molar refractivity (Wildman–Crippen MR) is 34.7 cm³/mol. The van der Waals surface area contributed by atoms with Gasteiger partial charge in [-0.3, -0.25) is 0 Å². The molecule has 1 saturated heterocycles. The second-order valence-electron chi connectivity index (χ2n) is 2.44. The average molecular weight is 114 g/mol. The maximum atomic E-state index is 5.69. The molecule has 0 spiro atoms. The van der Waals surface area contributed by atoms with Crippen LogP contribution in [0.4, 0.5) is 0 Å². The van der Waals surface area contributed by atoms with Gasteiger partial charge >= 0.3 is 0 Å². The molecule has 0 radical (unpaired) electrons. The van der Waals surface area contributed by atoms with E-state index < -0.39 is 0 Å². The Morgan fingerprint density at radius 3 is 3.00 bits per heavy atom. The van der Waals surface area contributed by atoms with Crippen LogP contribution in [0.1, 0.15) is 19.3 Å². The van der Waals surface area contributed by atoms with Gasteiger partial charge in [0.15, 0.2) is 0 Å². The van der Waals surface area contributed by atoms with Gasteiger partial charge in [-0.05, 0) is 32.4 Å². The first-order valence-corrected chi connectivity index (χ1v) is 3.36. The summed E-state index contributed by atoms with van der Waals surface area (Å²) in [6, 6.07) is 0.463. The van der Waals surface area contributed by atoms with Crippen molar-refractivity contribution in [2.24, 2.45) is 5.73 Å². The molecular weight excluding hydrogens is 100 g/mol. The molecule has 3 N–H and O–H groups in total. The normalized spacial score (nSPS) is 31.9. The van der Waals surface area contributed by atoms with Crippen molar-refractivity contribution >= 4 is 0 Å². The van der Waals surface area contributed by atoms with Gasteiger partial charge in [0.05, 0.1) is 0 Å². The Morgan fingerprint density at radius 1 is 1.25 bits per heavy atom. The summed E-state index contributed by atoms with van der Waals surface area (Å²) in [7, 11) is 0. The van der Waals surface area contributed by atoms with Crippen LogP contribution in [-0.2, 0) is 0 Å². The van der Waals surface area contributed by atoms with Gasteiger partial charge in [-0.1, -0.05) is 0 Å². The molecular formula is C6H14N2. The average Bonchev–Trinajstić information content (AvgIpc) is 1.94. The van der Waals surface area contributed by atoms with Gasteiger partial charge in [0.2, 0.25) is 0 Å². The van der Waals surface area contributed by atoms with Crippen LogP contribution in [0, 0.1) is 0 Å². The Hall–Kier alpha value is -0.0800. The molecule has 1 aliphatic heterocycles. The summed E-state index contributed by atoms with van der Waals surface area (Å²) >= 11 is 0. The van der Waals surface area contributed by atoms with Gasteiger partial charge in [-0.2, -0.15) is 0 Å². The van der Waals surface area contributed by atoms with Gasteiger partial charge in [0, 0.05) is 6.04 Å². The summed E-state index contributed by atoms with van der Waals surface area (Å²) in [5, 5.41) is 3.30. The largest absolute Gasteiger partial charge is 0.328 e. The van der Waals surface area contributed by atoms with Crippen LogP contribution in [-0.4, -0.2) is 19.1 Å². The fourth-order valence-corrected chi connectivity index (χ4v) is 1.05. The Labute approximate surface area is 50.4 Å². The van der Waals surface area contributed by atoms with Crippen molar-refractivity contribution in [3.63, 3.8) is 0 Å². The molecule has 0 unspecified atom stereocenters. The summed E-state index contributed by atoms with van der Waals surface area (Å²) in [5.74, 6) is 0. The van der Waals surface area contributed by atoms with E-state index in [1.807, 2.05) is 0 Å². The van der Waals surface area contributed by atoms with Crippen LogP contribution in [0.2, 0.25) is 0 Å². The second-order valence-corrected chi connectivity index (χ2v) is 2.44. The number of hydrogen-bond acceptors (Lipinski definition) is 2. The maximum absolute atomic E-state index is 5.69. The number of rotatable bonds is 0. The summed E-state index contributed by atoms with van der Waals surface area (Å²) in [5.41, 5.74) is 5.69. The standard InChI is InChI=1S/C6H14N2/c7-6-2-1-4-8-5-3-6/h6,8H,1-5,7H2/t6-/m1/s1. The molecule has 0 aliphatic carbocycles. The zero-order valence-electron chi connectivity index (χ0n) is 5.19. The summed E-state index contributed by atoms with van der Waals surface area (Å²) in [6.45, 7) is 2.27. The molecule has 0 bridgehead atoms. The second kappa shape index (κ2) is 3.05. The molecule has 0 saturated carbocycles. The van der Waals surface area contributed by atoms with Crippen molar-refractivity contribution in [2.75, 3.05) is 13.1 Å². The van der Waals surface area contributed by atoms with Crippen LogP contribution in [0.5, 0.6) is 0 Å². The highest BCUT2D eigenvalue weighted by Gasteiger charge is 2.04. The van der Waals surface area contributed by atoms with E-state index in [1.54, 1.807) is 0 Å². The van der Waals surface area contributed by atoms with Crippen molar-refractivity contribution in [3.05, 3.63) is 0 Å². The third kappa shape index (κ3) is 1.80. The smallest absolute Gasteiger partial charge is 0.00513 e. The lowest BCUT2D eigenvalue weighted by atomic mass is 10.1. The highest BCUT2D eigenvalue weighted by Crippen LogP contribution is 2.00. The molecule has 0 aromatic heterocycles. The molecule has 1 atom stereocenters. The summed E-state index contributed by atoms with van der Waals surface area (Å²) in [6.07, 6.45) is 3.61. The molecule has 0 aromatic rings. The Kier molecular flexibility index (Phi) is 2.30. The minimum Gasteiger partial charge on any atom is -0.328 e. The first-order chi connectivity index (χ1) is 3.89. The van der Waals surface area contributed by atoms with Crippen LogP contribution in [0.15, 0.2) is 0 Å². The van der Waals surface area contributed by atoms with Crippen LogP contribution >= 0.6 is 0 Å². The van der Waals surface area contributed by atoms with E-state index in [4.69, 9.17) is 5.73 Å². The molecule has 48 valence electrons. The number of hydrogen-bond donors (Lipinski definition) is 2. The van der Waals surface area contributed by atoms with E-state index >= 15 is 0 Å². The lowest BCUT2D eigenvalue weighted by Crippen LogP contribution is -2.21. The molecule has 2 nitrogen and oxygen atoms in total. The fraction of sp³-hybridized carbons (Fsp3) is 1.00. The van der Waals surface area contributed by atoms with Crippen molar-refractivity contribution in [2.45, 2.75) is 25.3 Å². The van der Waals surface area contributed by atoms with Crippen molar-refractivity contribution < 1.29 is 0 Å². The van der Waals surface area contributed by atoms with Gasteiger partial charge in [0.1, 0.15) is 0 Å². The molecule has 2 heteroatoms. The molecule has 0 aromatic carbocycles. The topological polar surface area (TPSA) is 38.0 Å². The summed E-state index contributed by atoms with van der Waals surface area (Å²) in [4.78, 5) is 0. The highest BCUT2D eigenvalue weighted by atomic mass is 14.9. The first kappa shape index (κ1) is 6.05.